The van der Waals surface area contributed by atoms with E-state index in [4.69, 9.17) is 5.73 Å². The fraction of sp³-hybridized carbons (Fsp3) is 0.231. The van der Waals surface area contributed by atoms with Crippen LogP contribution in [0.3, 0.4) is 0 Å². The van der Waals surface area contributed by atoms with Gasteiger partial charge < -0.3 is 5.73 Å². The number of halogens is 1. The van der Waals surface area contributed by atoms with E-state index in [2.05, 4.69) is 20.7 Å². The zero-order chi connectivity index (χ0) is 14.8. The Hall–Kier alpha value is -0.730. The number of thiophene rings is 1. The van der Waals surface area contributed by atoms with Crippen molar-refractivity contribution in [2.75, 3.05) is 0 Å². The summed E-state index contributed by atoms with van der Waals surface area (Å²) in [7, 11) is -3.49. The molecular formula is C13H15BrN2O2S2. The van der Waals surface area contributed by atoms with Crippen molar-refractivity contribution in [3.63, 3.8) is 0 Å². The van der Waals surface area contributed by atoms with E-state index in [-0.39, 0.29) is 6.54 Å². The molecule has 1 aromatic heterocycles. The van der Waals surface area contributed by atoms with E-state index in [0.717, 1.165) is 20.5 Å². The standard InChI is InChI=1S/C13H15BrN2O2S2/c1-9-5-13(19-12(9)7-15)20(17,18)16-8-10-3-2-4-11(14)6-10/h2-6,16H,7-8,15H2,1H3. The number of nitrogens with one attached hydrogen (secondary N) is 1. The molecule has 0 atom stereocenters. The van der Waals surface area contributed by atoms with Gasteiger partial charge in [-0.15, -0.1) is 11.3 Å². The van der Waals surface area contributed by atoms with Gasteiger partial charge in [-0.25, -0.2) is 13.1 Å². The summed E-state index contributed by atoms with van der Waals surface area (Å²) in [6, 6.07) is 9.19. The second kappa shape index (κ2) is 6.36. The van der Waals surface area contributed by atoms with Crippen molar-refractivity contribution >= 4 is 37.3 Å². The second-order valence-electron chi connectivity index (χ2n) is 4.33. The summed E-state index contributed by atoms with van der Waals surface area (Å²) in [6.45, 7) is 2.49. The molecule has 0 spiro atoms. The quantitative estimate of drug-likeness (QED) is 0.844. The van der Waals surface area contributed by atoms with Gasteiger partial charge in [0.1, 0.15) is 4.21 Å². The lowest BCUT2D eigenvalue weighted by Gasteiger charge is -2.05. The van der Waals surface area contributed by atoms with Crippen molar-refractivity contribution < 1.29 is 8.42 Å². The van der Waals surface area contributed by atoms with Gasteiger partial charge in [0.25, 0.3) is 0 Å². The summed E-state index contributed by atoms with van der Waals surface area (Å²) in [6.07, 6.45) is 0. The molecule has 2 rings (SSSR count). The molecule has 0 amide bonds. The van der Waals surface area contributed by atoms with Crippen LogP contribution in [-0.4, -0.2) is 8.42 Å². The van der Waals surface area contributed by atoms with E-state index in [1.165, 1.54) is 11.3 Å². The Labute approximate surface area is 131 Å². The largest absolute Gasteiger partial charge is 0.326 e. The Bertz CT molecular complexity index is 711. The van der Waals surface area contributed by atoms with E-state index in [1.54, 1.807) is 6.07 Å². The molecule has 0 fully saturated rings. The molecule has 2 aromatic rings. The smallest absolute Gasteiger partial charge is 0.250 e. The summed E-state index contributed by atoms with van der Waals surface area (Å²) in [5.74, 6) is 0. The van der Waals surface area contributed by atoms with Gasteiger partial charge in [0.15, 0.2) is 0 Å². The lowest BCUT2D eigenvalue weighted by Crippen LogP contribution is -2.22. The number of nitrogens with two attached hydrogens (primary N) is 1. The molecule has 1 heterocycles. The fourth-order valence-electron chi connectivity index (χ4n) is 1.72. The van der Waals surface area contributed by atoms with Crippen molar-refractivity contribution in [2.24, 2.45) is 5.73 Å². The molecule has 0 saturated carbocycles. The first-order valence-electron chi connectivity index (χ1n) is 5.96. The van der Waals surface area contributed by atoms with Crippen LogP contribution in [0.2, 0.25) is 0 Å². The van der Waals surface area contributed by atoms with Crippen molar-refractivity contribution in [3.05, 3.63) is 50.8 Å². The van der Waals surface area contributed by atoms with Gasteiger partial charge in [0.05, 0.1) is 0 Å². The molecule has 4 nitrogen and oxygen atoms in total. The van der Waals surface area contributed by atoms with Crippen LogP contribution in [0.15, 0.2) is 39.0 Å². The summed E-state index contributed by atoms with van der Waals surface area (Å²) in [5, 5.41) is 0. The summed E-state index contributed by atoms with van der Waals surface area (Å²) < 4.78 is 28.3. The van der Waals surface area contributed by atoms with E-state index < -0.39 is 10.0 Å². The summed E-state index contributed by atoms with van der Waals surface area (Å²) in [5.41, 5.74) is 7.39. The molecular weight excluding hydrogens is 360 g/mol. The molecule has 0 aliphatic carbocycles. The van der Waals surface area contributed by atoms with Gasteiger partial charge in [-0.3, -0.25) is 0 Å². The molecule has 108 valence electrons. The van der Waals surface area contributed by atoms with Gasteiger partial charge in [0, 0.05) is 22.4 Å². The molecule has 3 N–H and O–H groups in total. The average Bonchev–Trinajstić information content (AvgIpc) is 2.79. The SMILES string of the molecule is Cc1cc(S(=O)(=O)NCc2cccc(Br)c2)sc1CN. The molecule has 1 aromatic carbocycles. The highest BCUT2D eigenvalue weighted by molar-refractivity contribution is 9.10. The predicted molar refractivity (Wildman–Crippen MR) is 85.1 cm³/mol. The minimum atomic E-state index is -3.49. The Morgan fingerprint density at radius 3 is 2.70 bits per heavy atom. The number of hydrogen-bond acceptors (Lipinski definition) is 4. The third-order valence-electron chi connectivity index (χ3n) is 2.80. The van der Waals surface area contributed by atoms with Crippen molar-refractivity contribution in [1.82, 2.24) is 4.72 Å². The molecule has 0 saturated heterocycles. The van der Waals surface area contributed by atoms with E-state index in [9.17, 15) is 8.42 Å². The molecule has 0 radical (unpaired) electrons. The summed E-state index contributed by atoms with van der Waals surface area (Å²) in [4.78, 5) is 0.896. The predicted octanol–water partition coefficient (Wildman–Crippen LogP) is 2.76. The van der Waals surface area contributed by atoms with Gasteiger partial charge in [-0.2, -0.15) is 0 Å². The lowest BCUT2D eigenvalue weighted by atomic mass is 10.2. The highest BCUT2D eigenvalue weighted by Crippen LogP contribution is 2.25. The van der Waals surface area contributed by atoms with Crippen LogP contribution < -0.4 is 10.5 Å². The van der Waals surface area contributed by atoms with Crippen LogP contribution >= 0.6 is 27.3 Å². The van der Waals surface area contributed by atoms with Gasteiger partial charge in [-0.05, 0) is 36.2 Å². The van der Waals surface area contributed by atoms with Crippen LogP contribution in [0.5, 0.6) is 0 Å². The zero-order valence-electron chi connectivity index (χ0n) is 10.9. The topological polar surface area (TPSA) is 72.2 Å². The van der Waals surface area contributed by atoms with Crippen molar-refractivity contribution in [1.29, 1.82) is 0 Å². The maximum Gasteiger partial charge on any atom is 0.250 e. The van der Waals surface area contributed by atoms with E-state index >= 15 is 0 Å². The van der Waals surface area contributed by atoms with Crippen molar-refractivity contribution in [3.8, 4) is 0 Å². The molecule has 0 unspecified atom stereocenters. The number of hydrogen-bond donors (Lipinski definition) is 2. The van der Waals surface area contributed by atoms with Gasteiger partial charge in [0.2, 0.25) is 10.0 Å². The van der Waals surface area contributed by atoms with Crippen LogP contribution in [0.25, 0.3) is 0 Å². The molecule has 0 aliphatic rings. The fourth-order valence-corrected chi connectivity index (χ4v) is 4.70. The molecule has 7 heteroatoms. The van der Waals surface area contributed by atoms with E-state index in [0.29, 0.717) is 10.8 Å². The lowest BCUT2D eigenvalue weighted by molar-refractivity contribution is 0.583. The van der Waals surface area contributed by atoms with Crippen LogP contribution in [0, 0.1) is 6.92 Å². The third-order valence-corrected chi connectivity index (χ3v) is 6.43. The monoisotopic (exact) mass is 374 g/mol. The number of sulfonamides is 1. The normalized spacial score (nSPS) is 11.8. The maximum atomic E-state index is 12.2. The van der Waals surface area contributed by atoms with Crippen LogP contribution in [0.1, 0.15) is 16.0 Å². The highest BCUT2D eigenvalue weighted by atomic mass is 79.9. The van der Waals surface area contributed by atoms with Crippen LogP contribution in [-0.2, 0) is 23.1 Å². The minimum Gasteiger partial charge on any atom is -0.326 e. The Kier molecular flexibility index (Phi) is 4.98. The number of benzene rings is 1. The molecule has 0 bridgehead atoms. The number of aryl methyl sites for hydroxylation is 1. The zero-order valence-corrected chi connectivity index (χ0v) is 14.1. The first kappa shape index (κ1) is 15.7. The first-order valence-corrected chi connectivity index (χ1v) is 9.05. The molecule has 0 aliphatic heterocycles. The molecule has 20 heavy (non-hydrogen) atoms. The van der Waals surface area contributed by atoms with E-state index in [1.807, 2.05) is 31.2 Å². The highest BCUT2D eigenvalue weighted by Gasteiger charge is 2.18. The number of rotatable bonds is 5. The first-order chi connectivity index (χ1) is 9.42. The third kappa shape index (κ3) is 3.67. The summed E-state index contributed by atoms with van der Waals surface area (Å²) >= 11 is 4.58. The van der Waals surface area contributed by atoms with Gasteiger partial charge in [-0.1, -0.05) is 28.1 Å². The van der Waals surface area contributed by atoms with Crippen LogP contribution in [0.4, 0.5) is 0 Å². The average molecular weight is 375 g/mol. The van der Waals surface area contributed by atoms with Crippen molar-refractivity contribution in [2.45, 2.75) is 24.2 Å². The maximum absolute atomic E-state index is 12.2. The second-order valence-corrected chi connectivity index (χ2v) is 8.38. The Morgan fingerprint density at radius 2 is 2.10 bits per heavy atom. The minimum absolute atomic E-state index is 0.261. The van der Waals surface area contributed by atoms with Gasteiger partial charge >= 0.3 is 0 Å². The Morgan fingerprint density at radius 1 is 1.35 bits per heavy atom. The Balaban J connectivity index is 2.15.